The number of rotatable bonds is 4. The Morgan fingerprint density at radius 2 is 2.31 bits per heavy atom. The first-order valence-corrected chi connectivity index (χ1v) is 4.30. The average molecular weight is 232 g/mol. The van der Waals surface area contributed by atoms with Crippen molar-refractivity contribution in [3.63, 3.8) is 0 Å². The van der Waals surface area contributed by atoms with Crippen LogP contribution < -0.4 is 10.5 Å². The van der Waals surface area contributed by atoms with E-state index in [9.17, 15) is 13.6 Å². The van der Waals surface area contributed by atoms with Crippen molar-refractivity contribution in [3.8, 4) is 5.75 Å². The summed E-state index contributed by atoms with van der Waals surface area (Å²) in [6, 6.07) is 0. The molecule has 0 fully saturated rings. The van der Waals surface area contributed by atoms with Crippen LogP contribution in [0, 0.1) is 0 Å². The van der Waals surface area contributed by atoms with Crippen molar-refractivity contribution in [3.05, 3.63) is 23.0 Å². The summed E-state index contributed by atoms with van der Waals surface area (Å²) in [5, 5.41) is 8.91. The second-order valence-electron chi connectivity index (χ2n) is 2.88. The van der Waals surface area contributed by atoms with Crippen molar-refractivity contribution < 1.29 is 23.4 Å². The minimum atomic E-state index is -2.87. The molecule has 3 N–H and O–H groups in total. The largest absolute Gasteiger partial charge is 0.494 e. The third-order valence-electron chi connectivity index (χ3n) is 2.02. The van der Waals surface area contributed by atoms with E-state index in [4.69, 9.17) is 15.6 Å². The number of halogens is 2. The monoisotopic (exact) mass is 232 g/mol. The first-order valence-electron chi connectivity index (χ1n) is 4.30. The zero-order chi connectivity index (χ0) is 12.3. The molecule has 1 aromatic heterocycles. The lowest BCUT2D eigenvalue weighted by molar-refractivity contribution is 0.0691. The lowest BCUT2D eigenvalue weighted by Gasteiger charge is -2.12. The molecule has 0 atom stereocenters. The first-order chi connectivity index (χ1) is 7.52. The molecule has 0 saturated heterocycles. The SMILES string of the molecule is COc1cnc(C(F)F)c(CN)c1C(=O)O. The van der Waals surface area contributed by atoms with Crippen molar-refractivity contribution in [1.29, 1.82) is 0 Å². The van der Waals surface area contributed by atoms with Crippen molar-refractivity contribution >= 4 is 5.97 Å². The van der Waals surface area contributed by atoms with Crippen molar-refractivity contribution in [1.82, 2.24) is 4.98 Å². The second-order valence-corrected chi connectivity index (χ2v) is 2.88. The van der Waals surface area contributed by atoms with Gasteiger partial charge < -0.3 is 15.6 Å². The molecule has 0 saturated carbocycles. The molecule has 1 aromatic rings. The molecule has 0 amide bonds. The Morgan fingerprint density at radius 3 is 2.69 bits per heavy atom. The van der Waals surface area contributed by atoms with Gasteiger partial charge in [0, 0.05) is 12.1 Å². The van der Waals surface area contributed by atoms with Gasteiger partial charge in [-0.15, -0.1) is 0 Å². The Labute approximate surface area is 89.9 Å². The predicted molar refractivity (Wildman–Crippen MR) is 50.6 cm³/mol. The summed E-state index contributed by atoms with van der Waals surface area (Å²) in [6.07, 6.45) is -1.92. The summed E-state index contributed by atoms with van der Waals surface area (Å²) in [4.78, 5) is 14.4. The fraction of sp³-hybridized carbons (Fsp3) is 0.333. The zero-order valence-electron chi connectivity index (χ0n) is 8.41. The van der Waals surface area contributed by atoms with Gasteiger partial charge in [-0.1, -0.05) is 0 Å². The topological polar surface area (TPSA) is 85.4 Å². The van der Waals surface area contributed by atoms with E-state index in [1.54, 1.807) is 0 Å². The Morgan fingerprint density at radius 1 is 1.69 bits per heavy atom. The van der Waals surface area contributed by atoms with Gasteiger partial charge in [0.15, 0.2) is 5.75 Å². The van der Waals surface area contributed by atoms with Gasteiger partial charge in [0.25, 0.3) is 6.43 Å². The van der Waals surface area contributed by atoms with Crippen LogP contribution in [0.15, 0.2) is 6.20 Å². The minimum Gasteiger partial charge on any atom is -0.494 e. The molecule has 0 aromatic carbocycles. The summed E-state index contributed by atoms with van der Waals surface area (Å²) in [7, 11) is 1.23. The third kappa shape index (κ3) is 2.08. The van der Waals surface area contributed by atoms with Gasteiger partial charge in [0.2, 0.25) is 0 Å². The third-order valence-corrected chi connectivity index (χ3v) is 2.02. The molecule has 0 unspecified atom stereocenters. The van der Waals surface area contributed by atoms with Gasteiger partial charge >= 0.3 is 5.97 Å². The van der Waals surface area contributed by atoms with Crippen LogP contribution in [0.3, 0.4) is 0 Å². The molecule has 1 rings (SSSR count). The molecular weight excluding hydrogens is 222 g/mol. The Kier molecular flexibility index (Phi) is 3.73. The maximum absolute atomic E-state index is 12.5. The zero-order valence-corrected chi connectivity index (χ0v) is 8.41. The number of nitrogens with two attached hydrogens (primary N) is 1. The number of aromatic carboxylic acids is 1. The summed E-state index contributed by atoms with van der Waals surface area (Å²) in [5.74, 6) is -1.46. The van der Waals surface area contributed by atoms with E-state index < -0.39 is 18.1 Å². The maximum atomic E-state index is 12.5. The number of carboxylic acid groups (broad SMARTS) is 1. The van der Waals surface area contributed by atoms with E-state index in [2.05, 4.69) is 4.98 Å². The van der Waals surface area contributed by atoms with Gasteiger partial charge in [0.1, 0.15) is 11.3 Å². The van der Waals surface area contributed by atoms with Gasteiger partial charge in [-0.3, -0.25) is 4.98 Å². The Balaban J connectivity index is 3.49. The van der Waals surface area contributed by atoms with Gasteiger partial charge in [0.05, 0.1) is 13.3 Å². The van der Waals surface area contributed by atoms with Crippen molar-refractivity contribution in [2.45, 2.75) is 13.0 Å². The average Bonchev–Trinajstić information content (AvgIpc) is 2.26. The van der Waals surface area contributed by atoms with Crippen LogP contribution in [0.4, 0.5) is 8.78 Å². The number of carboxylic acids is 1. The quantitative estimate of drug-likeness (QED) is 0.814. The first kappa shape index (κ1) is 12.3. The standard InChI is InChI=1S/C9H10F2N2O3/c1-16-5-3-13-7(8(10)11)4(2-12)6(5)9(14)15/h3,8H,2,12H2,1H3,(H,14,15). The molecular formula is C9H10F2N2O3. The summed E-state index contributed by atoms with van der Waals surface area (Å²) < 4.78 is 29.8. The second kappa shape index (κ2) is 4.84. The molecule has 0 aliphatic rings. The van der Waals surface area contributed by atoms with E-state index in [1.165, 1.54) is 7.11 Å². The molecule has 7 heteroatoms. The number of hydrogen-bond acceptors (Lipinski definition) is 4. The molecule has 88 valence electrons. The predicted octanol–water partition coefficient (Wildman–Crippen LogP) is 1.18. The molecule has 5 nitrogen and oxygen atoms in total. The fourth-order valence-electron chi connectivity index (χ4n) is 1.33. The summed E-state index contributed by atoms with van der Waals surface area (Å²) >= 11 is 0. The van der Waals surface area contributed by atoms with E-state index in [-0.39, 0.29) is 23.4 Å². The Bertz CT molecular complexity index is 410. The number of ether oxygens (including phenoxy) is 1. The molecule has 0 bridgehead atoms. The van der Waals surface area contributed by atoms with Gasteiger partial charge in [-0.2, -0.15) is 0 Å². The number of hydrogen-bond donors (Lipinski definition) is 2. The van der Waals surface area contributed by atoms with E-state index >= 15 is 0 Å². The van der Waals surface area contributed by atoms with Crippen LogP contribution in [-0.4, -0.2) is 23.2 Å². The van der Waals surface area contributed by atoms with Gasteiger partial charge in [-0.25, -0.2) is 13.6 Å². The van der Waals surface area contributed by atoms with Crippen molar-refractivity contribution in [2.24, 2.45) is 5.73 Å². The highest BCUT2D eigenvalue weighted by atomic mass is 19.3. The molecule has 1 heterocycles. The van der Waals surface area contributed by atoms with E-state index in [1.807, 2.05) is 0 Å². The smallest absolute Gasteiger partial charge is 0.339 e. The van der Waals surface area contributed by atoms with Crippen LogP contribution in [0.1, 0.15) is 28.0 Å². The van der Waals surface area contributed by atoms with Crippen LogP contribution in [0.5, 0.6) is 5.75 Å². The normalized spacial score (nSPS) is 10.6. The lowest BCUT2D eigenvalue weighted by atomic mass is 10.1. The lowest BCUT2D eigenvalue weighted by Crippen LogP contribution is -2.14. The van der Waals surface area contributed by atoms with Crippen LogP contribution in [0.2, 0.25) is 0 Å². The Hall–Kier alpha value is -1.76. The highest BCUT2D eigenvalue weighted by Gasteiger charge is 2.24. The number of alkyl halides is 2. The molecule has 0 spiro atoms. The highest BCUT2D eigenvalue weighted by Crippen LogP contribution is 2.28. The van der Waals surface area contributed by atoms with E-state index in [0.717, 1.165) is 6.20 Å². The minimum absolute atomic E-state index is 0.0858. The fourth-order valence-corrected chi connectivity index (χ4v) is 1.33. The van der Waals surface area contributed by atoms with Gasteiger partial charge in [-0.05, 0) is 0 Å². The summed E-state index contributed by atoms with van der Waals surface area (Å²) in [6.45, 7) is -0.342. The number of methoxy groups -OCH3 is 1. The summed E-state index contributed by atoms with van der Waals surface area (Å²) in [5.41, 5.74) is 4.06. The number of pyridine rings is 1. The maximum Gasteiger partial charge on any atom is 0.339 e. The van der Waals surface area contributed by atoms with Crippen LogP contribution in [-0.2, 0) is 6.54 Å². The molecule has 0 aliphatic heterocycles. The van der Waals surface area contributed by atoms with Crippen LogP contribution >= 0.6 is 0 Å². The highest BCUT2D eigenvalue weighted by molar-refractivity contribution is 5.92. The molecule has 0 aliphatic carbocycles. The van der Waals surface area contributed by atoms with E-state index in [0.29, 0.717) is 0 Å². The van der Waals surface area contributed by atoms with Crippen molar-refractivity contribution in [2.75, 3.05) is 7.11 Å². The van der Waals surface area contributed by atoms with Crippen LogP contribution in [0.25, 0.3) is 0 Å². The number of nitrogens with zero attached hydrogens (tertiary/aromatic N) is 1. The molecule has 0 radical (unpaired) electrons. The number of carbonyl (C=O) groups is 1. The molecule has 16 heavy (non-hydrogen) atoms. The number of aromatic nitrogens is 1.